The minimum Gasteiger partial charge on any atom is -0.493 e. The molecule has 5 heteroatoms. The Hall–Kier alpha value is -1.26. The van der Waals surface area contributed by atoms with Crippen LogP contribution in [-0.2, 0) is 4.79 Å². The van der Waals surface area contributed by atoms with Gasteiger partial charge in [0.25, 0.3) is 0 Å². The van der Waals surface area contributed by atoms with E-state index in [9.17, 15) is 4.79 Å². The molecule has 1 atom stereocenters. The molecular formula is C18H27ClN2O2. The molecule has 0 saturated carbocycles. The van der Waals surface area contributed by atoms with Gasteiger partial charge in [0, 0.05) is 12.0 Å². The molecule has 1 aromatic rings. The lowest BCUT2D eigenvalue weighted by molar-refractivity contribution is -0.122. The van der Waals surface area contributed by atoms with Crippen molar-refractivity contribution < 1.29 is 9.53 Å². The van der Waals surface area contributed by atoms with Crippen LogP contribution in [0.4, 0.5) is 0 Å². The number of benzene rings is 1. The first-order valence-electron chi connectivity index (χ1n) is 8.55. The van der Waals surface area contributed by atoms with Crippen LogP contribution < -0.4 is 15.4 Å². The Morgan fingerprint density at radius 3 is 2.83 bits per heavy atom. The van der Waals surface area contributed by atoms with Crippen LogP contribution in [0.25, 0.3) is 0 Å². The maximum Gasteiger partial charge on any atom is 0.220 e. The fraction of sp³-hybridized carbons (Fsp3) is 0.611. The van der Waals surface area contributed by atoms with Gasteiger partial charge in [0.2, 0.25) is 5.91 Å². The normalized spacial score (nSPS) is 21.3. The molecule has 2 N–H and O–H groups in total. The van der Waals surface area contributed by atoms with Gasteiger partial charge in [-0.15, -0.1) is 12.4 Å². The summed E-state index contributed by atoms with van der Waals surface area (Å²) < 4.78 is 5.76. The molecule has 0 radical (unpaired) electrons. The summed E-state index contributed by atoms with van der Waals surface area (Å²) in [5.41, 5.74) is 1.12. The fourth-order valence-corrected chi connectivity index (χ4v) is 3.45. The van der Waals surface area contributed by atoms with Gasteiger partial charge in [0.1, 0.15) is 5.75 Å². The first-order valence-corrected chi connectivity index (χ1v) is 8.55. The van der Waals surface area contributed by atoms with Crippen molar-refractivity contribution in [3.8, 4) is 5.75 Å². The van der Waals surface area contributed by atoms with Crippen LogP contribution in [0.2, 0.25) is 0 Å². The number of nitrogens with one attached hydrogen (secondary N) is 2. The number of rotatable bonds is 4. The third kappa shape index (κ3) is 5.11. The second-order valence-electron chi connectivity index (χ2n) is 6.38. The molecule has 0 spiro atoms. The van der Waals surface area contributed by atoms with Crippen LogP contribution in [0.3, 0.4) is 0 Å². The van der Waals surface area contributed by atoms with Crippen molar-refractivity contribution in [2.45, 2.75) is 44.6 Å². The lowest BCUT2D eigenvalue weighted by atomic mass is 9.93. The summed E-state index contributed by atoms with van der Waals surface area (Å²) in [7, 11) is 0. The Kier molecular flexibility index (Phi) is 7.18. The summed E-state index contributed by atoms with van der Waals surface area (Å²) >= 11 is 0. The lowest BCUT2D eigenvalue weighted by Gasteiger charge is -2.23. The monoisotopic (exact) mass is 338 g/mol. The highest BCUT2D eigenvalue weighted by atomic mass is 35.5. The van der Waals surface area contributed by atoms with E-state index in [0.717, 1.165) is 50.3 Å². The van der Waals surface area contributed by atoms with Crippen molar-refractivity contribution in [3.63, 3.8) is 0 Å². The zero-order chi connectivity index (χ0) is 15.2. The maximum absolute atomic E-state index is 12.3. The Labute approximate surface area is 144 Å². The zero-order valence-corrected chi connectivity index (χ0v) is 14.4. The number of carbonyl (C=O) groups excluding carboxylic acids is 1. The molecule has 23 heavy (non-hydrogen) atoms. The third-order valence-electron chi connectivity index (χ3n) is 4.76. The van der Waals surface area contributed by atoms with E-state index in [-0.39, 0.29) is 24.4 Å². The summed E-state index contributed by atoms with van der Waals surface area (Å²) in [6, 6.07) is 8.16. The van der Waals surface area contributed by atoms with E-state index in [1.165, 1.54) is 12.8 Å². The van der Waals surface area contributed by atoms with Crippen LogP contribution in [0.15, 0.2) is 24.3 Å². The highest BCUT2D eigenvalue weighted by Crippen LogP contribution is 2.31. The quantitative estimate of drug-likeness (QED) is 0.886. The number of piperidine rings is 1. The van der Waals surface area contributed by atoms with Crippen molar-refractivity contribution in [1.29, 1.82) is 0 Å². The smallest absolute Gasteiger partial charge is 0.220 e. The van der Waals surface area contributed by atoms with Gasteiger partial charge in [-0.2, -0.15) is 0 Å². The number of carbonyl (C=O) groups is 1. The van der Waals surface area contributed by atoms with E-state index in [2.05, 4.69) is 16.7 Å². The van der Waals surface area contributed by atoms with Crippen LogP contribution in [0, 0.1) is 5.92 Å². The molecule has 2 heterocycles. The predicted octanol–water partition coefficient (Wildman–Crippen LogP) is 3.22. The van der Waals surface area contributed by atoms with Crippen LogP contribution in [0.5, 0.6) is 5.75 Å². The second kappa shape index (κ2) is 9.14. The summed E-state index contributed by atoms with van der Waals surface area (Å²) in [6.07, 6.45) is 5.99. The van der Waals surface area contributed by atoms with Crippen LogP contribution in [0.1, 0.15) is 50.1 Å². The van der Waals surface area contributed by atoms with Gasteiger partial charge in [0.15, 0.2) is 0 Å². The molecule has 3 rings (SSSR count). The Morgan fingerprint density at radius 2 is 2.00 bits per heavy atom. The maximum atomic E-state index is 12.3. The highest BCUT2D eigenvalue weighted by Gasteiger charge is 2.21. The minimum atomic E-state index is 0. The summed E-state index contributed by atoms with van der Waals surface area (Å²) in [5.74, 6) is 1.81. The number of halogens is 1. The molecule has 1 unspecified atom stereocenters. The molecule has 1 fully saturated rings. The first kappa shape index (κ1) is 18.1. The molecule has 0 aliphatic carbocycles. The van der Waals surface area contributed by atoms with Crippen molar-refractivity contribution in [1.82, 2.24) is 10.6 Å². The number of ether oxygens (including phenoxy) is 1. The molecule has 128 valence electrons. The second-order valence-corrected chi connectivity index (χ2v) is 6.38. The molecule has 2 aliphatic rings. The van der Waals surface area contributed by atoms with Crippen LogP contribution in [-0.4, -0.2) is 25.6 Å². The van der Waals surface area contributed by atoms with Gasteiger partial charge >= 0.3 is 0 Å². The average molecular weight is 339 g/mol. The zero-order valence-electron chi connectivity index (χ0n) is 13.6. The van der Waals surface area contributed by atoms with Gasteiger partial charge in [-0.1, -0.05) is 18.2 Å². The van der Waals surface area contributed by atoms with Crippen molar-refractivity contribution >= 4 is 18.3 Å². The molecular weight excluding hydrogens is 312 g/mol. The number of fused-ring (bicyclic) bond motifs is 1. The van der Waals surface area contributed by atoms with E-state index in [1.807, 2.05) is 18.2 Å². The standard InChI is InChI=1S/C18H26N2O2.ClH/c21-18(8-7-14-9-11-19-12-10-14)20-16-5-3-13-22-17-6-2-1-4-15(16)17;/h1-2,4,6,14,16,19H,3,5,7-13H2,(H,20,21);1H. The summed E-state index contributed by atoms with van der Waals surface area (Å²) in [6.45, 7) is 2.93. The number of hydrogen-bond donors (Lipinski definition) is 2. The fourth-order valence-electron chi connectivity index (χ4n) is 3.45. The Morgan fingerprint density at radius 1 is 1.22 bits per heavy atom. The lowest BCUT2D eigenvalue weighted by Crippen LogP contribution is -2.31. The molecule has 0 aromatic heterocycles. The van der Waals surface area contributed by atoms with Crippen LogP contribution >= 0.6 is 12.4 Å². The largest absolute Gasteiger partial charge is 0.493 e. The first-order chi connectivity index (χ1) is 10.8. The van der Waals surface area contributed by atoms with Crippen molar-refractivity contribution in [2.24, 2.45) is 5.92 Å². The van der Waals surface area contributed by atoms with E-state index in [4.69, 9.17) is 4.74 Å². The molecule has 2 aliphatic heterocycles. The predicted molar refractivity (Wildman–Crippen MR) is 94.1 cm³/mol. The average Bonchev–Trinajstić information content (AvgIpc) is 2.77. The van der Waals surface area contributed by atoms with E-state index in [0.29, 0.717) is 12.3 Å². The number of amides is 1. The summed E-state index contributed by atoms with van der Waals surface area (Å²) in [5, 5.41) is 6.59. The van der Waals surface area contributed by atoms with Crippen molar-refractivity contribution in [2.75, 3.05) is 19.7 Å². The van der Waals surface area contributed by atoms with E-state index in [1.54, 1.807) is 0 Å². The van der Waals surface area contributed by atoms with E-state index >= 15 is 0 Å². The van der Waals surface area contributed by atoms with Gasteiger partial charge in [-0.25, -0.2) is 0 Å². The van der Waals surface area contributed by atoms with Gasteiger partial charge in [-0.05, 0) is 57.2 Å². The Balaban J connectivity index is 0.00000192. The van der Waals surface area contributed by atoms with Gasteiger partial charge in [0.05, 0.1) is 12.6 Å². The Bertz CT molecular complexity index is 504. The SMILES string of the molecule is Cl.O=C(CCC1CCNCC1)NC1CCCOc2ccccc21. The van der Waals surface area contributed by atoms with Gasteiger partial charge in [-0.3, -0.25) is 4.79 Å². The van der Waals surface area contributed by atoms with E-state index < -0.39 is 0 Å². The number of para-hydroxylation sites is 1. The highest BCUT2D eigenvalue weighted by molar-refractivity contribution is 5.85. The molecule has 0 bridgehead atoms. The molecule has 1 aromatic carbocycles. The minimum absolute atomic E-state index is 0. The van der Waals surface area contributed by atoms with Crippen molar-refractivity contribution in [3.05, 3.63) is 29.8 Å². The number of hydrogen-bond acceptors (Lipinski definition) is 3. The molecule has 1 amide bonds. The third-order valence-corrected chi connectivity index (χ3v) is 4.76. The molecule has 1 saturated heterocycles. The topological polar surface area (TPSA) is 50.4 Å². The van der Waals surface area contributed by atoms with Gasteiger partial charge < -0.3 is 15.4 Å². The molecule has 4 nitrogen and oxygen atoms in total. The summed E-state index contributed by atoms with van der Waals surface area (Å²) in [4.78, 5) is 12.3.